The molecule has 4 N–H and O–H groups in total. The van der Waals surface area contributed by atoms with Crippen LogP contribution in [0.25, 0.3) is 5.57 Å². The zero-order chi connectivity index (χ0) is 27.9. The number of nitrogens with zero attached hydrogens (tertiary/aromatic N) is 3. The van der Waals surface area contributed by atoms with Crippen LogP contribution in [0, 0.1) is 0 Å². The fourth-order valence-electron chi connectivity index (χ4n) is 5.30. The third-order valence-electron chi connectivity index (χ3n) is 7.21. The molecule has 39 heavy (non-hydrogen) atoms. The highest BCUT2D eigenvalue weighted by molar-refractivity contribution is 7.89. The van der Waals surface area contributed by atoms with E-state index in [0.29, 0.717) is 60.1 Å². The Kier molecular flexibility index (Phi) is 7.33. The van der Waals surface area contributed by atoms with E-state index in [0.717, 1.165) is 11.3 Å². The van der Waals surface area contributed by atoms with Crippen LogP contribution >= 0.6 is 0 Å². The Bertz CT molecular complexity index is 1430. The van der Waals surface area contributed by atoms with Crippen LogP contribution in [-0.2, 0) is 21.2 Å². The fourth-order valence-corrected chi connectivity index (χ4v) is 6.87. The molecule has 0 bridgehead atoms. The van der Waals surface area contributed by atoms with Crippen molar-refractivity contribution >= 4 is 27.2 Å². The van der Waals surface area contributed by atoms with Gasteiger partial charge in [0.05, 0.1) is 53.0 Å². The van der Waals surface area contributed by atoms with Gasteiger partial charge in [0.25, 0.3) is 0 Å². The lowest BCUT2D eigenvalue weighted by molar-refractivity contribution is 0.0729. The minimum Gasteiger partial charge on any atom is -0.495 e. The largest absolute Gasteiger partial charge is 0.495 e. The molecular formula is C26H33N5O7S. The fraction of sp³-hybridized carbons (Fsp3) is 0.423. The number of guanidine groups is 1. The smallest absolute Gasteiger partial charge is 0.246 e. The molecule has 5 rings (SSSR count). The summed E-state index contributed by atoms with van der Waals surface area (Å²) >= 11 is 0. The lowest BCUT2D eigenvalue weighted by Gasteiger charge is -2.38. The number of aryl methyl sites for hydroxylation is 1. The molecule has 0 radical (unpaired) electrons. The molecule has 0 aromatic heterocycles. The SMILES string of the molecule is COc1cc2c(cc1S(=O)(=O)N1CCOCC1)C1=C(CC2)N=C(N)N(c2cc(OC)c(OC)c(OC)c2)C1N. The number of morpholine rings is 1. The van der Waals surface area contributed by atoms with Gasteiger partial charge in [0.1, 0.15) is 16.8 Å². The molecule has 2 aromatic carbocycles. The van der Waals surface area contributed by atoms with Crippen LogP contribution in [0.4, 0.5) is 5.69 Å². The maximum absolute atomic E-state index is 13.7. The van der Waals surface area contributed by atoms with Gasteiger partial charge in [-0.1, -0.05) is 0 Å². The van der Waals surface area contributed by atoms with E-state index in [2.05, 4.69) is 4.99 Å². The first-order valence-corrected chi connectivity index (χ1v) is 13.9. The number of methoxy groups -OCH3 is 4. The van der Waals surface area contributed by atoms with Crippen LogP contribution < -0.4 is 35.3 Å². The molecule has 1 aliphatic carbocycles. The van der Waals surface area contributed by atoms with E-state index in [-0.39, 0.29) is 29.7 Å². The standard InChI is InChI=1S/C26H33N5O7S/c1-34-19-11-15-5-6-18-23(17(15)14-22(19)39(32,33)30-7-9-38-10-8-30)25(27)31(26(28)29-18)16-12-20(35-2)24(37-4)21(13-16)36-3/h11-14,25H,5-10,27H2,1-4H3,(H2,28,29). The van der Waals surface area contributed by atoms with Gasteiger partial charge in [-0.05, 0) is 36.1 Å². The third-order valence-corrected chi connectivity index (χ3v) is 9.13. The van der Waals surface area contributed by atoms with Crippen molar-refractivity contribution in [3.05, 3.63) is 41.1 Å². The molecule has 1 unspecified atom stereocenters. The van der Waals surface area contributed by atoms with Crippen molar-refractivity contribution in [1.29, 1.82) is 0 Å². The molecule has 2 aromatic rings. The Morgan fingerprint density at radius 3 is 2.15 bits per heavy atom. The zero-order valence-corrected chi connectivity index (χ0v) is 23.2. The van der Waals surface area contributed by atoms with Gasteiger partial charge in [-0.2, -0.15) is 4.31 Å². The molecule has 12 nitrogen and oxygen atoms in total. The molecule has 210 valence electrons. The van der Waals surface area contributed by atoms with Crippen LogP contribution in [0.15, 0.2) is 39.9 Å². The second-order valence-corrected chi connectivity index (χ2v) is 11.1. The summed E-state index contributed by atoms with van der Waals surface area (Å²) in [4.78, 5) is 6.43. The first-order valence-electron chi connectivity index (χ1n) is 12.5. The number of anilines is 1. The summed E-state index contributed by atoms with van der Waals surface area (Å²) in [7, 11) is 2.19. The first kappa shape index (κ1) is 27.1. The topological polar surface area (TPSA) is 151 Å². The number of benzene rings is 2. The lowest BCUT2D eigenvalue weighted by Crippen LogP contribution is -2.53. The summed E-state index contributed by atoms with van der Waals surface area (Å²) in [5.74, 6) is 1.78. The van der Waals surface area contributed by atoms with Crippen LogP contribution in [0.2, 0.25) is 0 Å². The maximum Gasteiger partial charge on any atom is 0.246 e. The Balaban J connectivity index is 1.62. The van der Waals surface area contributed by atoms with E-state index in [1.54, 1.807) is 29.2 Å². The highest BCUT2D eigenvalue weighted by Crippen LogP contribution is 2.45. The molecule has 1 atom stereocenters. The predicted octanol–water partition coefficient (Wildman–Crippen LogP) is 1.52. The van der Waals surface area contributed by atoms with Crippen LogP contribution in [-0.4, -0.2) is 79.6 Å². The van der Waals surface area contributed by atoms with Crippen molar-refractivity contribution < 1.29 is 32.1 Å². The van der Waals surface area contributed by atoms with Gasteiger partial charge in [-0.25, -0.2) is 13.4 Å². The molecule has 1 saturated heterocycles. The van der Waals surface area contributed by atoms with Gasteiger partial charge < -0.3 is 35.2 Å². The average molecular weight is 560 g/mol. The molecule has 2 aliphatic heterocycles. The van der Waals surface area contributed by atoms with Crippen molar-refractivity contribution in [2.24, 2.45) is 16.5 Å². The summed E-state index contributed by atoms with van der Waals surface area (Å²) in [6.45, 7) is 1.21. The van der Waals surface area contributed by atoms with Gasteiger partial charge >= 0.3 is 0 Å². The number of nitrogens with two attached hydrogens (primary N) is 2. The van der Waals surface area contributed by atoms with Gasteiger partial charge in [0, 0.05) is 30.8 Å². The molecule has 2 heterocycles. The number of aliphatic imine (C=N–C) groups is 1. The first-order chi connectivity index (χ1) is 18.7. The number of ether oxygens (including phenoxy) is 5. The molecule has 0 saturated carbocycles. The average Bonchev–Trinajstić information content (AvgIpc) is 2.95. The quantitative estimate of drug-likeness (QED) is 0.511. The van der Waals surface area contributed by atoms with Gasteiger partial charge in [0.2, 0.25) is 21.7 Å². The number of hydrogen-bond acceptors (Lipinski definition) is 11. The lowest BCUT2D eigenvalue weighted by atomic mass is 9.86. The van der Waals surface area contributed by atoms with Crippen molar-refractivity contribution in [2.45, 2.75) is 23.9 Å². The normalized spacial score (nSPS) is 19.7. The van der Waals surface area contributed by atoms with Crippen molar-refractivity contribution in [3.63, 3.8) is 0 Å². The number of fused-ring (bicyclic) bond motifs is 2. The number of rotatable bonds is 7. The molecule has 0 spiro atoms. The van der Waals surface area contributed by atoms with E-state index in [9.17, 15) is 8.42 Å². The second kappa shape index (κ2) is 10.6. The van der Waals surface area contributed by atoms with Crippen LogP contribution in [0.5, 0.6) is 23.0 Å². The number of allylic oxidation sites excluding steroid dienone is 1. The van der Waals surface area contributed by atoms with Gasteiger partial charge in [-0.3, -0.25) is 4.90 Å². The van der Waals surface area contributed by atoms with Crippen molar-refractivity contribution in [1.82, 2.24) is 4.31 Å². The van der Waals surface area contributed by atoms with E-state index in [1.165, 1.54) is 32.7 Å². The number of hydrogen-bond donors (Lipinski definition) is 2. The molecule has 0 amide bonds. The van der Waals surface area contributed by atoms with E-state index >= 15 is 0 Å². The van der Waals surface area contributed by atoms with Crippen LogP contribution in [0.1, 0.15) is 17.5 Å². The van der Waals surface area contributed by atoms with Gasteiger partial charge in [-0.15, -0.1) is 0 Å². The molecule has 13 heteroatoms. The zero-order valence-electron chi connectivity index (χ0n) is 22.4. The molecular weight excluding hydrogens is 526 g/mol. The Morgan fingerprint density at radius 1 is 0.923 bits per heavy atom. The summed E-state index contributed by atoms with van der Waals surface area (Å²) in [5, 5.41) is 0. The van der Waals surface area contributed by atoms with Crippen molar-refractivity contribution in [2.75, 3.05) is 59.6 Å². The van der Waals surface area contributed by atoms with E-state index < -0.39 is 16.2 Å². The summed E-state index contributed by atoms with van der Waals surface area (Å²) < 4.78 is 56.2. The second-order valence-electron chi connectivity index (χ2n) is 9.21. The predicted molar refractivity (Wildman–Crippen MR) is 146 cm³/mol. The monoisotopic (exact) mass is 559 g/mol. The molecule has 1 fully saturated rings. The Hall–Kier alpha value is -3.52. The summed E-state index contributed by atoms with van der Waals surface area (Å²) in [5.41, 5.74) is 16.9. The van der Waals surface area contributed by atoms with Crippen LogP contribution in [0.3, 0.4) is 0 Å². The summed E-state index contributed by atoms with van der Waals surface area (Å²) in [6, 6.07) is 6.91. The highest BCUT2D eigenvalue weighted by atomic mass is 32.2. The van der Waals surface area contributed by atoms with E-state index in [4.69, 9.17) is 35.2 Å². The Morgan fingerprint density at radius 2 is 1.56 bits per heavy atom. The molecule has 3 aliphatic rings. The third kappa shape index (κ3) is 4.54. The summed E-state index contributed by atoms with van der Waals surface area (Å²) in [6.07, 6.45) is 0.459. The minimum atomic E-state index is -3.85. The van der Waals surface area contributed by atoms with Crippen molar-refractivity contribution in [3.8, 4) is 23.0 Å². The number of sulfonamides is 1. The Labute approximate surface area is 227 Å². The highest BCUT2D eigenvalue weighted by Gasteiger charge is 2.37. The van der Waals surface area contributed by atoms with E-state index in [1.807, 2.05) is 0 Å². The minimum absolute atomic E-state index is 0.0773. The van der Waals surface area contributed by atoms with Gasteiger partial charge in [0.15, 0.2) is 11.5 Å². The maximum atomic E-state index is 13.7.